The molecule has 0 aliphatic heterocycles. The Morgan fingerprint density at radius 2 is 1.65 bits per heavy atom. The lowest BCUT2D eigenvalue weighted by Crippen LogP contribution is -2.18. The van der Waals surface area contributed by atoms with E-state index in [1.807, 2.05) is 37.3 Å². The molecule has 0 amide bonds. The molecule has 124 valence electrons. The molecular weight excluding hydrogens is 290 g/mol. The molecule has 0 saturated carbocycles. The second-order valence-corrected chi connectivity index (χ2v) is 5.28. The molecule has 23 heavy (non-hydrogen) atoms. The third-order valence-corrected chi connectivity index (χ3v) is 3.78. The average Bonchev–Trinajstić information content (AvgIpc) is 2.60. The lowest BCUT2D eigenvalue weighted by molar-refractivity contribution is 0.340. The van der Waals surface area contributed by atoms with Crippen LogP contribution in [0.1, 0.15) is 31.0 Å². The van der Waals surface area contributed by atoms with Crippen molar-refractivity contribution < 1.29 is 14.2 Å². The fourth-order valence-electron chi connectivity index (χ4n) is 2.42. The van der Waals surface area contributed by atoms with Crippen LogP contribution in [0.25, 0.3) is 0 Å². The molecule has 0 spiro atoms. The van der Waals surface area contributed by atoms with Crippen LogP contribution in [0.15, 0.2) is 42.5 Å². The van der Waals surface area contributed by atoms with Gasteiger partial charge < -0.3 is 19.5 Å². The topological polar surface area (TPSA) is 39.7 Å². The van der Waals surface area contributed by atoms with Gasteiger partial charge in [0.25, 0.3) is 0 Å². The molecule has 2 aromatic carbocycles. The highest BCUT2D eigenvalue weighted by molar-refractivity contribution is 5.40. The Morgan fingerprint density at radius 3 is 2.26 bits per heavy atom. The number of hydrogen-bond acceptors (Lipinski definition) is 4. The third-order valence-electron chi connectivity index (χ3n) is 3.78. The minimum absolute atomic E-state index is 0.224. The molecule has 0 aromatic heterocycles. The number of hydrogen-bond donors (Lipinski definition) is 1. The zero-order valence-electron chi connectivity index (χ0n) is 14.3. The van der Waals surface area contributed by atoms with Gasteiger partial charge in [-0.3, -0.25) is 0 Å². The van der Waals surface area contributed by atoms with Crippen LogP contribution in [0, 0.1) is 0 Å². The van der Waals surface area contributed by atoms with Gasteiger partial charge in [-0.05, 0) is 49.7 Å². The Morgan fingerprint density at radius 1 is 0.957 bits per heavy atom. The third kappa shape index (κ3) is 4.63. The van der Waals surface area contributed by atoms with Crippen molar-refractivity contribution in [1.82, 2.24) is 5.32 Å². The van der Waals surface area contributed by atoms with Crippen LogP contribution < -0.4 is 19.5 Å². The Balaban J connectivity index is 2.02. The summed E-state index contributed by atoms with van der Waals surface area (Å²) in [5, 5.41) is 3.52. The van der Waals surface area contributed by atoms with Gasteiger partial charge >= 0.3 is 0 Å². The van der Waals surface area contributed by atoms with Gasteiger partial charge in [-0.1, -0.05) is 12.1 Å². The first-order valence-corrected chi connectivity index (χ1v) is 7.85. The Kier molecular flexibility index (Phi) is 6.29. The van der Waals surface area contributed by atoms with Gasteiger partial charge in [-0.2, -0.15) is 0 Å². The zero-order valence-corrected chi connectivity index (χ0v) is 14.3. The zero-order chi connectivity index (χ0) is 16.7. The van der Waals surface area contributed by atoms with Crippen LogP contribution in [0.3, 0.4) is 0 Å². The summed E-state index contributed by atoms with van der Waals surface area (Å²) in [5.74, 6) is 2.59. The summed E-state index contributed by atoms with van der Waals surface area (Å²) in [5.41, 5.74) is 2.29. The van der Waals surface area contributed by atoms with Crippen LogP contribution in [0.4, 0.5) is 0 Å². The normalized spacial score (nSPS) is 11.8. The first-order chi connectivity index (χ1) is 11.2. The molecular formula is C19H25NO3. The second kappa shape index (κ2) is 8.44. The smallest absolute Gasteiger partial charge is 0.123 e. The Labute approximate surface area is 138 Å². The van der Waals surface area contributed by atoms with Crippen molar-refractivity contribution in [2.75, 3.05) is 20.8 Å². The molecule has 0 aliphatic rings. The Hall–Kier alpha value is -2.20. The highest BCUT2D eigenvalue weighted by Gasteiger charge is 2.09. The monoisotopic (exact) mass is 315 g/mol. The maximum absolute atomic E-state index is 5.47. The molecule has 0 saturated heterocycles. The van der Waals surface area contributed by atoms with E-state index in [1.54, 1.807) is 14.2 Å². The Bertz CT molecular complexity index is 611. The van der Waals surface area contributed by atoms with Crippen molar-refractivity contribution in [2.45, 2.75) is 26.4 Å². The molecule has 1 atom stereocenters. The molecule has 2 aromatic rings. The predicted molar refractivity (Wildman–Crippen MR) is 92.4 cm³/mol. The van der Waals surface area contributed by atoms with Crippen LogP contribution >= 0.6 is 0 Å². The van der Waals surface area contributed by atoms with E-state index in [1.165, 1.54) is 5.56 Å². The number of methoxy groups -OCH3 is 2. The van der Waals surface area contributed by atoms with Gasteiger partial charge in [0.1, 0.15) is 17.2 Å². The van der Waals surface area contributed by atoms with Crippen LogP contribution in [0.2, 0.25) is 0 Å². The van der Waals surface area contributed by atoms with E-state index < -0.39 is 0 Å². The SMILES string of the molecule is CCOc1ccc(C(C)NCc2cc(OC)ccc2OC)cc1. The molecule has 0 fully saturated rings. The van der Waals surface area contributed by atoms with Gasteiger partial charge in [-0.15, -0.1) is 0 Å². The van der Waals surface area contributed by atoms with Crippen molar-refractivity contribution in [2.24, 2.45) is 0 Å². The highest BCUT2D eigenvalue weighted by Crippen LogP contribution is 2.25. The van der Waals surface area contributed by atoms with Gasteiger partial charge in [-0.25, -0.2) is 0 Å². The van der Waals surface area contributed by atoms with E-state index in [2.05, 4.69) is 24.4 Å². The maximum Gasteiger partial charge on any atom is 0.123 e. The van der Waals surface area contributed by atoms with Gasteiger partial charge in [0.15, 0.2) is 0 Å². The first kappa shape index (κ1) is 17.2. The van der Waals surface area contributed by atoms with Gasteiger partial charge in [0.05, 0.1) is 20.8 Å². The van der Waals surface area contributed by atoms with Gasteiger partial charge in [0.2, 0.25) is 0 Å². The molecule has 4 nitrogen and oxygen atoms in total. The number of nitrogens with one attached hydrogen (secondary N) is 1. The summed E-state index contributed by atoms with van der Waals surface area (Å²) < 4.78 is 16.2. The van der Waals surface area contributed by atoms with E-state index in [-0.39, 0.29) is 6.04 Å². The fraction of sp³-hybridized carbons (Fsp3) is 0.368. The maximum atomic E-state index is 5.47. The van der Waals surface area contributed by atoms with Crippen LogP contribution in [-0.4, -0.2) is 20.8 Å². The predicted octanol–water partition coefficient (Wildman–Crippen LogP) is 3.95. The van der Waals surface area contributed by atoms with Crippen LogP contribution in [-0.2, 0) is 6.54 Å². The lowest BCUT2D eigenvalue weighted by Gasteiger charge is -2.17. The minimum atomic E-state index is 0.224. The number of benzene rings is 2. The number of ether oxygens (including phenoxy) is 3. The molecule has 0 heterocycles. The minimum Gasteiger partial charge on any atom is -0.497 e. The van der Waals surface area contributed by atoms with E-state index in [0.717, 1.165) is 22.8 Å². The van der Waals surface area contributed by atoms with Gasteiger partial charge in [0, 0.05) is 18.2 Å². The molecule has 2 rings (SSSR count). The summed E-state index contributed by atoms with van der Waals surface area (Å²) in [6.07, 6.45) is 0. The van der Waals surface area contributed by atoms with Crippen molar-refractivity contribution in [1.29, 1.82) is 0 Å². The summed E-state index contributed by atoms with van der Waals surface area (Å²) in [4.78, 5) is 0. The van der Waals surface area contributed by atoms with Crippen LogP contribution in [0.5, 0.6) is 17.2 Å². The standard InChI is InChI=1S/C19H25NO3/c1-5-23-17-8-6-15(7-9-17)14(2)20-13-16-12-18(21-3)10-11-19(16)22-4/h6-12,14,20H,5,13H2,1-4H3. The summed E-state index contributed by atoms with van der Waals surface area (Å²) >= 11 is 0. The van der Waals surface area contributed by atoms with Crippen molar-refractivity contribution in [3.63, 3.8) is 0 Å². The summed E-state index contributed by atoms with van der Waals surface area (Å²) in [6.45, 7) is 5.51. The average molecular weight is 315 g/mol. The largest absolute Gasteiger partial charge is 0.497 e. The van der Waals surface area contributed by atoms with Crippen molar-refractivity contribution in [3.05, 3.63) is 53.6 Å². The summed E-state index contributed by atoms with van der Waals surface area (Å²) in [6, 6.07) is 14.2. The molecule has 4 heteroatoms. The molecule has 0 bridgehead atoms. The van der Waals surface area contributed by atoms with E-state index in [0.29, 0.717) is 13.2 Å². The fourth-order valence-corrected chi connectivity index (χ4v) is 2.42. The van der Waals surface area contributed by atoms with Crippen molar-refractivity contribution >= 4 is 0 Å². The second-order valence-electron chi connectivity index (χ2n) is 5.28. The lowest BCUT2D eigenvalue weighted by atomic mass is 10.1. The van der Waals surface area contributed by atoms with E-state index in [9.17, 15) is 0 Å². The molecule has 0 radical (unpaired) electrons. The van der Waals surface area contributed by atoms with E-state index >= 15 is 0 Å². The molecule has 1 N–H and O–H groups in total. The highest BCUT2D eigenvalue weighted by atomic mass is 16.5. The quantitative estimate of drug-likeness (QED) is 0.800. The number of rotatable bonds is 8. The summed E-state index contributed by atoms with van der Waals surface area (Å²) in [7, 11) is 3.35. The molecule has 1 unspecified atom stereocenters. The first-order valence-electron chi connectivity index (χ1n) is 7.85. The van der Waals surface area contributed by atoms with E-state index in [4.69, 9.17) is 14.2 Å². The van der Waals surface area contributed by atoms with Crippen molar-refractivity contribution in [3.8, 4) is 17.2 Å². The molecule has 0 aliphatic carbocycles.